The molecule has 0 unspecified atom stereocenters. The van der Waals surface area contributed by atoms with Crippen LogP contribution in [0.1, 0.15) is 54.6 Å². The van der Waals surface area contributed by atoms with Crippen molar-refractivity contribution in [2.24, 2.45) is 0 Å². The molecule has 0 radical (unpaired) electrons. The Morgan fingerprint density at radius 1 is 1.24 bits per heavy atom. The van der Waals surface area contributed by atoms with Crippen molar-refractivity contribution in [3.8, 4) is 17.2 Å². The lowest BCUT2D eigenvalue weighted by Crippen LogP contribution is -2.40. The normalized spacial score (nSPS) is 17.5. The molecule has 2 aromatic heterocycles. The molecule has 0 saturated heterocycles. The van der Waals surface area contributed by atoms with E-state index in [1.807, 2.05) is 13.0 Å². The number of aryl methyl sites for hydroxylation is 1. The van der Waals surface area contributed by atoms with Crippen LogP contribution in [0.2, 0.25) is 0 Å². The van der Waals surface area contributed by atoms with Crippen LogP contribution in [0.15, 0.2) is 53.6 Å². The number of benzene rings is 2. The third kappa shape index (κ3) is 3.68. The molecule has 1 fully saturated rings. The van der Waals surface area contributed by atoms with E-state index in [4.69, 9.17) is 0 Å². The van der Waals surface area contributed by atoms with Crippen LogP contribution in [0, 0.1) is 17.1 Å². The minimum Gasteiger partial charge on any atom is -0.393 e. The molecular formula is C26H24FN5O2. The van der Waals surface area contributed by atoms with E-state index in [2.05, 4.69) is 16.2 Å². The molecule has 4 aromatic rings. The van der Waals surface area contributed by atoms with Crippen molar-refractivity contribution >= 4 is 5.78 Å². The minimum absolute atomic E-state index is 0.116. The van der Waals surface area contributed by atoms with E-state index in [0.29, 0.717) is 52.9 Å². The monoisotopic (exact) mass is 457 g/mol. The number of rotatable bonds is 6. The van der Waals surface area contributed by atoms with Crippen molar-refractivity contribution in [2.75, 3.05) is 0 Å². The Hall–Kier alpha value is -3.83. The molecule has 1 aliphatic rings. The van der Waals surface area contributed by atoms with Gasteiger partial charge in [0.25, 0.3) is 5.56 Å². The quantitative estimate of drug-likeness (QED) is 0.475. The molecule has 34 heavy (non-hydrogen) atoms. The third-order valence-corrected chi connectivity index (χ3v) is 6.55. The summed E-state index contributed by atoms with van der Waals surface area (Å²) in [6, 6.07) is 13.9. The molecule has 0 aliphatic heterocycles. The number of halogens is 1. The summed E-state index contributed by atoms with van der Waals surface area (Å²) in [5.74, 6) is 0.0226. The van der Waals surface area contributed by atoms with Crippen LogP contribution in [0.4, 0.5) is 4.39 Å². The fourth-order valence-electron chi connectivity index (χ4n) is 4.73. The largest absolute Gasteiger partial charge is 0.393 e. The van der Waals surface area contributed by atoms with Crippen LogP contribution in [0.5, 0.6) is 0 Å². The fourth-order valence-corrected chi connectivity index (χ4v) is 4.73. The van der Waals surface area contributed by atoms with Gasteiger partial charge in [-0.2, -0.15) is 15.3 Å². The number of aromatic nitrogens is 4. The van der Waals surface area contributed by atoms with Crippen LogP contribution in [0.25, 0.3) is 16.9 Å². The summed E-state index contributed by atoms with van der Waals surface area (Å²) in [6.45, 7) is 2.02. The second-order valence-corrected chi connectivity index (χ2v) is 8.74. The van der Waals surface area contributed by atoms with Crippen LogP contribution < -0.4 is 5.56 Å². The first kappa shape index (κ1) is 22.0. The average Bonchev–Trinajstić information content (AvgIpc) is 3.30. The van der Waals surface area contributed by atoms with Crippen molar-refractivity contribution < 1.29 is 9.50 Å². The van der Waals surface area contributed by atoms with Gasteiger partial charge >= 0.3 is 0 Å². The van der Waals surface area contributed by atoms with E-state index >= 15 is 4.39 Å². The van der Waals surface area contributed by atoms with E-state index in [0.717, 1.165) is 12.1 Å². The Morgan fingerprint density at radius 3 is 2.74 bits per heavy atom. The number of fused-ring (bicyclic) bond motifs is 1. The molecule has 7 nitrogen and oxygen atoms in total. The van der Waals surface area contributed by atoms with Crippen LogP contribution in [-0.4, -0.2) is 30.4 Å². The Kier molecular flexibility index (Phi) is 5.72. The Balaban J connectivity index is 1.60. The summed E-state index contributed by atoms with van der Waals surface area (Å²) in [5.41, 5.74) is 3.16. The Morgan fingerprint density at radius 2 is 2.03 bits per heavy atom. The summed E-state index contributed by atoms with van der Waals surface area (Å²) in [4.78, 5) is 18.0. The number of aliphatic hydroxyl groups is 1. The predicted molar refractivity (Wildman–Crippen MR) is 125 cm³/mol. The topological polar surface area (TPSA) is 96.2 Å². The van der Waals surface area contributed by atoms with Crippen LogP contribution in [-0.2, 0) is 12.8 Å². The van der Waals surface area contributed by atoms with Crippen molar-refractivity contribution in [1.29, 1.82) is 5.26 Å². The van der Waals surface area contributed by atoms with Gasteiger partial charge in [-0.25, -0.2) is 8.91 Å². The summed E-state index contributed by atoms with van der Waals surface area (Å²) in [5, 5.41) is 23.5. The second-order valence-electron chi connectivity index (χ2n) is 8.74. The summed E-state index contributed by atoms with van der Waals surface area (Å²) in [7, 11) is 0. The highest BCUT2D eigenvalue weighted by Gasteiger charge is 2.33. The summed E-state index contributed by atoms with van der Waals surface area (Å²) in [6.07, 6.45) is 3.47. The zero-order valence-corrected chi connectivity index (χ0v) is 18.8. The number of hydrogen-bond donors (Lipinski definition) is 1. The molecule has 1 N–H and O–H groups in total. The maximum Gasteiger partial charge on any atom is 0.259 e. The van der Waals surface area contributed by atoms with Crippen LogP contribution in [0.3, 0.4) is 0 Å². The molecule has 1 saturated carbocycles. The second kappa shape index (κ2) is 8.84. The molecule has 0 amide bonds. The maximum atomic E-state index is 15.3. The minimum atomic E-state index is -0.434. The Labute approximate surface area is 195 Å². The molecule has 0 bridgehead atoms. The van der Waals surface area contributed by atoms with Crippen molar-refractivity contribution in [2.45, 2.75) is 51.2 Å². The highest BCUT2D eigenvalue weighted by Crippen LogP contribution is 2.33. The lowest BCUT2D eigenvalue weighted by Gasteiger charge is -2.33. The molecule has 2 aromatic carbocycles. The summed E-state index contributed by atoms with van der Waals surface area (Å²) < 4.78 is 18.6. The molecule has 172 valence electrons. The van der Waals surface area contributed by atoms with Gasteiger partial charge in [0.2, 0.25) is 5.78 Å². The van der Waals surface area contributed by atoms with Gasteiger partial charge in [-0.1, -0.05) is 43.7 Å². The van der Waals surface area contributed by atoms with Gasteiger partial charge in [0.05, 0.1) is 23.4 Å². The van der Waals surface area contributed by atoms with Gasteiger partial charge < -0.3 is 5.11 Å². The molecule has 5 rings (SSSR count). The zero-order chi connectivity index (χ0) is 23.8. The third-order valence-electron chi connectivity index (χ3n) is 6.55. The molecule has 0 atom stereocenters. The fraction of sp³-hybridized carbons (Fsp3) is 0.308. The highest BCUT2D eigenvalue weighted by molar-refractivity contribution is 5.70. The van der Waals surface area contributed by atoms with E-state index < -0.39 is 11.9 Å². The van der Waals surface area contributed by atoms with Crippen LogP contribution >= 0.6 is 0 Å². The van der Waals surface area contributed by atoms with Gasteiger partial charge in [-0.15, -0.1) is 0 Å². The first-order chi connectivity index (χ1) is 16.5. The van der Waals surface area contributed by atoms with E-state index in [1.165, 1.54) is 12.4 Å². The molecule has 8 heteroatoms. The summed E-state index contributed by atoms with van der Waals surface area (Å²) >= 11 is 0. The first-order valence-corrected chi connectivity index (χ1v) is 11.4. The van der Waals surface area contributed by atoms with E-state index in [-0.39, 0.29) is 18.0 Å². The van der Waals surface area contributed by atoms with Gasteiger partial charge in [0, 0.05) is 18.0 Å². The SMILES string of the molecule is CCCc1c(Cc2ccc(-c3ccccc3C#N)cc2F)c(=O)n([C@H]2C[C@@H](O)C2)c2ncnn12. The molecular weight excluding hydrogens is 433 g/mol. The van der Waals surface area contributed by atoms with Gasteiger partial charge in [0.15, 0.2) is 0 Å². The number of nitrogens with zero attached hydrogens (tertiary/aromatic N) is 5. The Bertz CT molecular complexity index is 1480. The lowest BCUT2D eigenvalue weighted by molar-refractivity contribution is 0.0481. The molecule has 0 spiro atoms. The van der Waals surface area contributed by atoms with Crippen molar-refractivity contribution in [3.63, 3.8) is 0 Å². The predicted octanol–water partition coefficient (Wildman–Crippen LogP) is 3.81. The zero-order valence-electron chi connectivity index (χ0n) is 18.8. The van der Waals surface area contributed by atoms with Crippen molar-refractivity contribution in [1.82, 2.24) is 19.2 Å². The number of nitriles is 1. The lowest BCUT2D eigenvalue weighted by atomic mass is 9.89. The van der Waals surface area contributed by atoms with Gasteiger partial charge in [0.1, 0.15) is 12.1 Å². The highest BCUT2D eigenvalue weighted by atomic mass is 19.1. The number of hydrogen-bond acceptors (Lipinski definition) is 5. The standard InChI is InChI=1S/C26H24FN5O2/c1-2-5-24-22(25(34)31(19-12-20(33)13-19)26-29-15-30-32(24)26)10-17-9-8-16(11-23(17)27)21-7-4-3-6-18(21)14-28/h3-4,6-9,11,15,19-20,33H,2,5,10,12-13H2,1H3/t19-,20+. The van der Waals surface area contributed by atoms with Gasteiger partial charge in [-0.3, -0.25) is 9.36 Å². The van der Waals surface area contributed by atoms with E-state index in [9.17, 15) is 15.2 Å². The molecule has 2 heterocycles. The van der Waals surface area contributed by atoms with E-state index in [1.54, 1.807) is 39.4 Å². The smallest absolute Gasteiger partial charge is 0.259 e. The first-order valence-electron chi connectivity index (χ1n) is 11.4. The molecule has 1 aliphatic carbocycles. The van der Waals surface area contributed by atoms with Gasteiger partial charge in [-0.05, 0) is 48.1 Å². The van der Waals surface area contributed by atoms with Crippen molar-refractivity contribution in [3.05, 3.63) is 87.3 Å². The number of aliphatic hydroxyl groups excluding tert-OH is 1. The maximum absolute atomic E-state index is 15.3. The average molecular weight is 458 g/mol.